The maximum Gasteiger partial charge on any atom is 0.410 e. The first kappa shape index (κ1) is 14.2. The maximum absolute atomic E-state index is 12.3. The first-order chi connectivity index (χ1) is 8.97. The molecule has 0 aliphatic carbocycles. The molecule has 0 saturated carbocycles. The van der Waals surface area contributed by atoms with Crippen molar-refractivity contribution >= 4 is 6.09 Å². The number of nitrogens with zero attached hydrogens (tertiary/aromatic N) is 1. The smallest absolute Gasteiger partial charge is 0.410 e. The Morgan fingerprint density at radius 2 is 2.32 bits per heavy atom. The lowest BCUT2D eigenvalue weighted by Gasteiger charge is -2.38. The predicted molar refractivity (Wildman–Crippen MR) is 72.9 cm³/mol. The Hall–Kier alpha value is -1.23. The van der Waals surface area contributed by atoms with Crippen molar-refractivity contribution in [2.75, 3.05) is 26.2 Å². The molecule has 2 rings (SSSR count). The third-order valence-corrected chi connectivity index (χ3v) is 3.26. The van der Waals surface area contributed by atoms with Crippen LogP contribution in [-0.2, 0) is 9.47 Å². The fraction of sp³-hybridized carbons (Fsp3) is 0.786. The van der Waals surface area contributed by atoms with Gasteiger partial charge in [-0.3, -0.25) is 4.90 Å². The van der Waals surface area contributed by atoms with Gasteiger partial charge in [-0.15, -0.1) is 0 Å². The Morgan fingerprint density at radius 3 is 2.95 bits per heavy atom. The summed E-state index contributed by atoms with van der Waals surface area (Å²) in [5.41, 5.74) is 0.730. The third-order valence-electron chi connectivity index (χ3n) is 3.26. The number of ether oxygens (including phenoxy) is 2. The molecular formula is C14H24N2O3. The van der Waals surface area contributed by atoms with E-state index in [4.69, 9.17) is 9.47 Å². The molecular weight excluding hydrogens is 244 g/mol. The second-order valence-corrected chi connectivity index (χ2v) is 6.06. The van der Waals surface area contributed by atoms with Gasteiger partial charge in [-0.2, -0.15) is 0 Å². The lowest BCUT2D eigenvalue weighted by Crippen LogP contribution is -2.55. The molecule has 0 bridgehead atoms. The lowest BCUT2D eigenvalue weighted by atomic mass is 9.99. The van der Waals surface area contributed by atoms with Gasteiger partial charge in [-0.1, -0.05) is 0 Å². The molecule has 2 heterocycles. The molecule has 1 atom stereocenters. The van der Waals surface area contributed by atoms with Gasteiger partial charge in [-0.05, 0) is 39.2 Å². The number of carbonyl (C=O) groups excluding carboxylic acids is 1. The van der Waals surface area contributed by atoms with Crippen LogP contribution >= 0.6 is 0 Å². The van der Waals surface area contributed by atoms with Crippen molar-refractivity contribution in [3.05, 3.63) is 11.8 Å². The minimum Gasteiger partial charge on any atom is -0.501 e. The average molecular weight is 268 g/mol. The first-order valence-electron chi connectivity index (χ1n) is 6.98. The molecule has 1 unspecified atom stereocenters. The molecule has 0 aromatic carbocycles. The summed E-state index contributed by atoms with van der Waals surface area (Å²) < 4.78 is 10.9. The fourth-order valence-corrected chi connectivity index (χ4v) is 2.40. The highest BCUT2D eigenvalue weighted by Gasteiger charge is 2.33. The van der Waals surface area contributed by atoms with Gasteiger partial charge in [0.25, 0.3) is 0 Å². The standard InChI is InChI=1S/C14H24N2O3/c1-14(2,3)19-13(17)16-7-6-15-9-12(16)11-5-4-8-18-10-11/h10,12,15H,4-9H2,1-3H3. The highest BCUT2D eigenvalue weighted by molar-refractivity contribution is 5.69. The maximum atomic E-state index is 12.3. The van der Waals surface area contributed by atoms with Gasteiger partial charge in [0.15, 0.2) is 0 Å². The molecule has 1 amide bonds. The van der Waals surface area contributed by atoms with Crippen molar-refractivity contribution in [2.24, 2.45) is 0 Å². The van der Waals surface area contributed by atoms with Gasteiger partial charge in [0.05, 0.1) is 18.9 Å². The number of rotatable bonds is 1. The summed E-state index contributed by atoms with van der Waals surface area (Å²) in [7, 11) is 0. The van der Waals surface area contributed by atoms with E-state index >= 15 is 0 Å². The van der Waals surface area contributed by atoms with Crippen LogP contribution in [0.2, 0.25) is 0 Å². The molecule has 19 heavy (non-hydrogen) atoms. The number of nitrogens with one attached hydrogen (secondary N) is 1. The number of piperazine rings is 1. The largest absolute Gasteiger partial charge is 0.501 e. The molecule has 1 fully saturated rings. The Labute approximate surface area is 114 Å². The number of amides is 1. The molecule has 0 radical (unpaired) electrons. The number of hydrogen-bond donors (Lipinski definition) is 1. The topological polar surface area (TPSA) is 50.8 Å². The highest BCUT2D eigenvalue weighted by atomic mass is 16.6. The van der Waals surface area contributed by atoms with Gasteiger partial charge >= 0.3 is 6.09 Å². The van der Waals surface area contributed by atoms with E-state index in [1.807, 2.05) is 31.9 Å². The first-order valence-corrected chi connectivity index (χ1v) is 6.98. The Bertz CT molecular complexity index is 360. The van der Waals surface area contributed by atoms with Crippen LogP contribution in [0.15, 0.2) is 11.8 Å². The third kappa shape index (κ3) is 3.86. The van der Waals surface area contributed by atoms with E-state index < -0.39 is 5.60 Å². The van der Waals surface area contributed by atoms with E-state index in [1.54, 1.807) is 0 Å². The minimum absolute atomic E-state index is 0.0592. The summed E-state index contributed by atoms with van der Waals surface area (Å²) in [6.45, 7) is 8.71. The molecule has 5 heteroatoms. The fourth-order valence-electron chi connectivity index (χ4n) is 2.40. The van der Waals surface area contributed by atoms with Gasteiger partial charge < -0.3 is 14.8 Å². The van der Waals surface area contributed by atoms with Crippen LogP contribution in [0.1, 0.15) is 33.6 Å². The molecule has 2 aliphatic heterocycles. The van der Waals surface area contributed by atoms with Crippen LogP contribution in [0.5, 0.6) is 0 Å². The summed E-state index contributed by atoms with van der Waals surface area (Å²) in [5.74, 6) is 0. The quantitative estimate of drug-likeness (QED) is 0.789. The minimum atomic E-state index is -0.454. The predicted octanol–water partition coefficient (Wildman–Crippen LogP) is 1.89. The zero-order chi connectivity index (χ0) is 13.9. The van der Waals surface area contributed by atoms with E-state index in [-0.39, 0.29) is 12.1 Å². The van der Waals surface area contributed by atoms with Crippen LogP contribution in [0, 0.1) is 0 Å². The lowest BCUT2D eigenvalue weighted by molar-refractivity contribution is 0.0146. The summed E-state index contributed by atoms with van der Waals surface area (Å²) >= 11 is 0. The van der Waals surface area contributed by atoms with Crippen molar-refractivity contribution in [2.45, 2.75) is 45.3 Å². The Morgan fingerprint density at radius 1 is 1.53 bits per heavy atom. The van der Waals surface area contributed by atoms with E-state index in [0.717, 1.165) is 32.5 Å². The van der Waals surface area contributed by atoms with Gasteiger partial charge in [0.2, 0.25) is 0 Å². The second kappa shape index (κ2) is 5.82. The normalized spacial score (nSPS) is 24.5. The summed E-state index contributed by atoms with van der Waals surface area (Å²) in [4.78, 5) is 14.1. The zero-order valence-electron chi connectivity index (χ0n) is 12.1. The summed E-state index contributed by atoms with van der Waals surface area (Å²) in [6, 6.07) is 0.0592. The van der Waals surface area contributed by atoms with Crippen LogP contribution in [0.25, 0.3) is 0 Å². The van der Waals surface area contributed by atoms with Gasteiger partial charge in [0.1, 0.15) is 5.60 Å². The van der Waals surface area contributed by atoms with Crippen LogP contribution in [0.4, 0.5) is 4.79 Å². The van der Waals surface area contributed by atoms with Crippen molar-refractivity contribution in [1.29, 1.82) is 0 Å². The molecule has 0 aromatic heterocycles. The SMILES string of the molecule is CC(C)(C)OC(=O)N1CCNCC1C1=COCCC1. The number of hydrogen-bond acceptors (Lipinski definition) is 4. The molecule has 0 spiro atoms. The summed E-state index contributed by atoms with van der Waals surface area (Å²) in [6.07, 6.45) is 3.60. The van der Waals surface area contributed by atoms with Gasteiger partial charge in [-0.25, -0.2) is 4.79 Å². The highest BCUT2D eigenvalue weighted by Crippen LogP contribution is 2.23. The van der Waals surface area contributed by atoms with Crippen LogP contribution in [0.3, 0.4) is 0 Å². The van der Waals surface area contributed by atoms with E-state index in [9.17, 15) is 4.79 Å². The van der Waals surface area contributed by atoms with E-state index in [2.05, 4.69) is 5.32 Å². The molecule has 5 nitrogen and oxygen atoms in total. The van der Waals surface area contributed by atoms with Crippen molar-refractivity contribution < 1.29 is 14.3 Å². The van der Waals surface area contributed by atoms with Crippen molar-refractivity contribution in [3.63, 3.8) is 0 Å². The molecule has 0 aromatic rings. The molecule has 1 saturated heterocycles. The van der Waals surface area contributed by atoms with Gasteiger partial charge in [0, 0.05) is 19.6 Å². The Kier molecular flexibility index (Phi) is 4.34. The molecule has 2 aliphatic rings. The van der Waals surface area contributed by atoms with Crippen molar-refractivity contribution in [1.82, 2.24) is 10.2 Å². The second-order valence-electron chi connectivity index (χ2n) is 6.06. The summed E-state index contributed by atoms with van der Waals surface area (Å²) in [5, 5.41) is 3.33. The zero-order valence-corrected chi connectivity index (χ0v) is 12.1. The molecule has 1 N–H and O–H groups in total. The van der Waals surface area contributed by atoms with Crippen LogP contribution < -0.4 is 5.32 Å². The van der Waals surface area contributed by atoms with E-state index in [0.29, 0.717) is 6.54 Å². The molecule has 108 valence electrons. The number of carbonyl (C=O) groups is 1. The monoisotopic (exact) mass is 268 g/mol. The average Bonchev–Trinajstić information content (AvgIpc) is 2.38. The van der Waals surface area contributed by atoms with Crippen LogP contribution in [-0.4, -0.2) is 48.9 Å². The van der Waals surface area contributed by atoms with E-state index in [1.165, 1.54) is 5.57 Å². The van der Waals surface area contributed by atoms with Crippen molar-refractivity contribution in [3.8, 4) is 0 Å². The Balaban J connectivity index is 2.07.